The van der Waals surface area contributed by atoms with E-state index >= 15 is 4.79 Å². The molecule has 8 nitrogen and oxygen atoms in total. The molecule has 1 aliphatic rings. The number of nitrogens with one attached hydrogen (secondary N) is 1. The molecule has 7 aromatic rings. The van der Waals surface area contributed by atoms with E-state index in [9.17, 15) is 5.11 Å². The first-order valence-corrected chi connectivity index (χ1v) is 21.8. The van der Waals surface area contributed by atoms with Crippen LogP contribution in [0.25, 0.3) is 17.2 Å². The molecule has 1 amide bonds. The van der Waals surface area contributed by atoms with Gasteiger partial charge in [-0.05, 0) is 81.8 Å². The van der Waals surface area contributed by atoms with Crippen molar-refractivity contribution in [2.45, 2.75) is 44.1 Å². The summed E-state index contributed by atoms with van der Waals surface area (Å²) in [6.45, 7) is 1.59. The molecule has 8 rings (SSSR count). The van der Waals surface area contributed by atoms with Crippen LogP contribution in [0, 0.1) is 0 Å². The van der Waals surface area contributed by atoms with E-state index < -0.39 is 11.6 Å². The maximum atomic E-state index is 15.0. The summed E-state index contributed by atoms with van der Waals surface area (Å²) >= 11 is 0. The number of rotatable bonds is 20. The third-order valence-electron chi connectivity index (χ3n) is 11.1. The predicted molar refractivity (Wildman–Crippen MR) is 253 cm³/mol. The molecule has 64 heavy (non-hydrogen) atoms. The van der Waals surface area contributed by atoms with Crippen LogP contribution in [0.5, 0.6) is 17.2 Å². The van der Waals surface area contributed by atoms with Gasteiger partial charge in [-0.3, -0.25) is 4.79 Å². The summed E-state index contributed by atoms with van der Waals surface area (Å²) in [4.78, 5) is 20.3. The zero-order chi connectivity index (χ0) is 43.8. The Labute approximate surface area is 375 Å². The molecule has 0 radical (unpaired) electrons. The van der Waals surface area contributed by atoms with Crippen LogP contribution in [-0.2, 0) is 29.2 Å². The number of hydrogen-bond donors (Lipinski definition) is 2. The lowest BCUT2D eigenvalue weighted by Crippen LogP contribution is -2.48. The van der Waals surface area contributed by atoms with E-state index in [1.807, 2.05) is 176 Å². The standard InChI is InChI=1S/C56H52N2O6/c59-37-14-38-61-50-31-29-49(30-32-50)54-58-56(35-13-21-42-15-5-1-6-16-42,53(64-54)48-27-25-47(26-28-48)46-22-11-4-12-23-46)55(60)57-36-34-43-24-33-51(62-40-44-17-7-2-8-18-44)52(39-43)63-41-45-19-9-3-10-20-45/h1-13,15-33,39,53,59H,14,34-38,40-41H2,(H,57,60)/b21-13+/t53-,56-/m1/s1. The van der Waals surface area contributed by atoms with Crippen LogP contribution in [0.15, 0.2) is 199 Å². The Morgan fingerprint density at radius 3 is 1.89 bits per heavy atom. The van der Waals surface area contributed by atoms with E-state index in [0.29, 0.717) is 62.4 Å². The highest BCUT2D eigenvalue weighted by Crippen LogP contribution is 2.43. The van der Waals surface area contributed by atoms with E-state index in [4.69, 9.17) is 23.9 Å². The molecule has 0 aliphatic carbocycles. The van der Waals surface area contributed by atoms with Crippen LogP contribution in [0.1, 0.15) is 52.3 Å². The molecule has 8 heteroatoms. The Morgan fingerprint density at radius 1 is 0.641 bits per heavy atom. The first-order valence-electron chi connectivity index (χ1n) is 21.8. The van der Waals surface area contributed by atoms with Crippen molar-refractivity contribution in [1.29, 1.82) is 0 Å². The first-order chi connectivity index (χ1) is 31.6. The molecule has 0 fully saturated rings. The van der Waals surface area contributed by atoms with Crippen LogP contribution in [0.2, 0.25) is 0 Å². The van der Waals surface area contributed by atoms with Crippen molar-refractivity contribution >= 4 is 17.9 Å². The summed E-state index contributed by atoms with van der Waals surface area (Å²) in [7, 11) is 0. The van der Waals surface area contributed by atoms with Gasteiger partial charge in [0.05, 0.1) is 6.61 Å². The van der Waals surface area contributed by atoms with Gasteiger partial charge in [0, 0.05) is 31.6 Å². The summed E-state index contributed by atoms with van der Waals surface area (Å²) in [5, 5.41) is 12.5. The van der Waals surface area contributed by atoms with E-state index in [-0.39, 0.29) is 18.9 Å². The van der Waals surface area contributed by atoms with Crippen LogP contribution in [0.3, 0.4) is 0 Å². The number of aliphatic hydroxyl groups excluding tert-OH is 1. The van der Waals surface area contributed by atoms with Gasteiger partial charge in [0.1, 0.15) is 19.0 Å². The van der Waals surface area contributed by atoms with Gasteiger partial charge in [0.15, 0.2) is 23.1 Å². The number of carbonyl (C=O) groups excluding carboxylic acids is 1. The number of amides is 1. The Balaban J connectivity index is 1.08. The second-order valence-corrected chi connectivity index (χ2v) is 15.6. The second kappa shape index (κ2) is 21.6. The molecule has 2 N–H and O–H groups in total. The smallest absolute Gasteiger partial charge is 0.252 e. The molecule has 322 valence electrons. The topological polar surface area (TPSA) is 98.6 Å². The van der Waals surface area contributed by atoms with Gasteiger partial charge in [0.2, 0.25) is 5.90 Å². The average Bonchev–Trinajstić information content (AvgIpc) is 3.75. The summed E-state index contributed by atoms with van der Waals surface area (Å²) < 4.78 is 25.3. The van der Waals surface area contributed by atoms with Gasteiger partial charge in [-0.1, -0.05) is 164 Å². The lowest BCUT2D eigenvalue weighted by molar-refractivity contribution is -0.128. The van der Waals surface area contributed by atoms with Crippen molar-refractivity contribution in [1.82, 2.24) is 5.32 Å². The second-order valence-electron chi connectivity index (χ2n) is 15.6. The number of nitrogens with zero attached hydrogens (tertiary/aromatic N) is 1. The molecule has 1 heterocycles. The summed E-state index contributed by atoms with van der Waals surface area (Å²) in [5.74, 6) is 2.07. The average molecular weight is 849 g/mol. The fourth-order valence-electron chi connectivity index (χ4n) is 7.62. The summed E-state index contributed by atoms with van der Waals surface area (Å²) in [6, 6.07) is 62.0. The van der Waals surface area contributed by atoms with Crippen LogP contribution in [0.4, 0.5) is 0 Å². The molecule has 0 saturated heterocycles. The van der Waals surface area contributed by atoms with E-state index in [1.54, 1.807) is 0 Å². The molecule has 0 bridgehead atoms. The lowest BCUT2D eigenvalue weighted by Gasteiger charge is -2.30. The molecule has 7 aromatic carbocycles. The molecular weight excluding hydrogens is 797 g/mol. The van der Waals surface area contributed by atoms with Crippen molar-refractivity contribution in [2.24, 2.45) is 4.99 Å². The van der Waals surface area contributed by atoms with Crippen molar-refractivity contribution < 1.29 is 28.8 Å². The van der Waals surface area contributed by atoms with Gasteiger partial charge in [-0.25, -0.2) is 4.99 Å². The maximum Gasteiger partial charge on any atom is 0.252 e. The molecule has 0 saturated carbocycles. The van der Waals surface area contributed by atoms with E-state index in [0.717, 1.165) is 44.5 Å². The zero-order valence-corrected chi connectivity index (χ0v) is 35.7. The third kappa shape index (κ3) is 11.1. The number of aliphatic imine (C=N–C) groups is 1. The zero-order valence-electron chi connectivity index (χ0n) is 35.7. The Kier molecular flexibility index (Phi) is 14.6. The SMILES string of the molecule is O=C(NCCc1ccc(OCc2ccccc2)c(OCc2ccccc2)c1)[C@]1(C/C=C/c2ccccc2)N=C(c2ccc(OCCCO)cc2)O[C@@H]1c1ccc(-c2ccccc2)cc1. The first kappa shape index (κ1) is 43.2. The highest BCUT2D eigenvalue weighted by atomic mass is 16.5. The largest absolute Gasteiger partial charge is 0.494 e. The minimum atomic E-state index is -1.36. The van der Waals surface area contributed by atoms with Gasteiger partial charge in [-0.15, -0.1) is 0 Å². The summed E-state index contributed by atoms with van der Waals surface area (Å²) in [5.41, 5.74) is 6.45. The number of benzene rings is 7. The van der Waals surface area contributed by atoms with Gasteiger partial charge >= 0.3 is 0 Å². The minimum absolute atomic E-state index is 0.0555. The monoisotopic (exact) mass is 848 g/mol. The fraction of sp³-hybridized carbons (Fsp3) is 0.179. The van der Waals surface area contributed by atoms with Crippen molar-refractivity contribution in [2.75, 3.05) is 19.8 Å². The number of hydrogen-bond acceptors (Lipinski definition) is 7. The number of ether oxygens (including phenoxy) is 4. The molecular formula is C56H52N2O6. The Hall–Kier alpha value is -7.42. The van der Waals surface area contributed by atoms with Crippen LogP contribution >= 0.6 is 0 Å². The Morgan fingerprint density at radius 2 is 1.23 bits per heavy atom. The third-order valence-corrected chi connectivity index (χ3v) is 11.1. The lowest BCUT2D eigenvalue weighted by atomic mass is 9.83. The van der Waals surface area contributed by atoms with Gasteiger partial charge in [-0.2, -0.15) is 0 Å². The van der Waals surface area contributed by atoms with Crippen LogP contribution < -0.4 is 19.5 Å². The van der Waals surface area contributed by atoms with Crippen molar-refractivity contribution in [3.63, 3.8) is 0 Å². The van der Waals surface area contributed by atoms with E-state index in [1.165, 1.54) is 0 Å². The van der Waals surface area contributed by atoms with Gasteiger partial charge < -0.3 is 29.4 Å². The van der Waals surface area contributed by atoms with Crippen molar-refractivity contribution in [3.8, 4) is 28.4 Å². The molecule has 0 unspecified atom stereocenters. The molecule has 2 atom stereocenters. The van der Waals surface area contributed by atoms with Crippen LogP contribution in [-0.4, -0.2) is 42.2 Å². The normalized spacial score (nSPS) is 15.6. The maximum absolute atomic E-state index is 15.0. The number of carbonyl (C=O) groups is 1. The highest BCUT2D eigenvalue weighted by Gasteiger charge is 2.52. The van der Waals surface area contributed by atoms with Gasteiger partial charge in [0.25, 0.3) is 5.91 Å². The predicted octanol–water partition coefficient (Wildman–Crippen LogP) is 11.0. The fourth-order valence-corrected chi connectivity index (χ4v) is 7.62. The van der Waals surface area contributed by atoms with Crippen molar-refractivity contribution in [3.05, 3.63) is 228 Å². The highest BCUT2D eigenvalue weighted by molar-refractivity contribution is 6.01. The summed E-state index contributed by atoms with van der Waals surface area (Å²) in [6.07, 6.45) is 4.64. The molecule has 0 aromatic heterocycles. The van der Waals surface area contributed by atoms with E-state index in [2.05, 4.69) is 29.6 Å². The Bertz CT molecular complexity index is 2600. The molecule has 1 aliphatic heterocycles. The minimum Gasteiger partial charge on any atom is -0.494 e. The number of aliphatic hydroxyl groups is 1. The molecule has 0 spiro atoms. The quantitative estimate of drug-likeness (QED) is 0.0742.